The van der Waals surface area contributed by atoms with E-state index in [1.165, 1.54) is 25.9 Å². The van der Waals surface area contributed by atoms with Crippen molar-refractivity contribution in [3.8, 4) is 0 Å². The molecule has 0 saturated carbocycles. The molecule has 0 amide bonds. The number of hydrogen-bond acceptors (Lipinski definition) is 3. The van der Waals surface area contributed by atoms with E-state index in [0.717, 1.165) is 18.3 Å². The van der Waals surface area contributed by atoms with Crippen LogP contribution < -0.4 is 5.32 Å². The van der Waals surface area contributed by atoms with E-state index in [9.17, 15) is 0 Å². The predicted molar refractivity (Wildman–Crippen MR) is 70.8 cm³/mol. The molecule has 92 valence electrons. The second kappa shape index (κ2) is 4.63. The standard InChI is InChI=1S/C12H15Cl2N3/c13-9-5-10(14)12(15-6-9)16-11-7-17-3-1-8(11)2-4-17/h5-6,8,11H,1-4,7H2,(H,15,16). The van der Waals surface area contributed by atoms with Gasteiger partial charge in [-0.2, -0.15) is 0 Å². The van der Waals surface area contributed by atoms with Gasteiger partial charge in [-0.05, 0) is 37.9 Å². The minimum Gasteiger partial charge on any atom is -0.365 e. The Kier molecular flexibility index (Phi) is 3.16. The Bertz CT molecular complexity index is 416. The molecule has 3 fully saturated rings. The van der Waals surface area contributed by atoms with E-state index >= 15 is 0 Å². The first-order valence-corrected chi connectivity index (χ1v) is 6.78. The molecule has 2 bridgehead atoms. The summed E-state index contributed by atoms with van der Waals surface area (Å²) in [6, 6.07) is 2.21. The molecule has 5 heteroatoms. The van der Waals surface area contributed by atoms with Gasteiger partial charge < -0.3 is 10.2 Å². The van der Waals surface area contributed by atoms with Crippen molar-refractivity contribution in [3.05, 3.63) is 22.3 Å². The molecule has 3 aliphatic heterocycles. The van der Waals surface area contributed by atoms with Crippen LogP contribution in [0, 0.1) is 5.92 Å². The molecule has 1 unspecified atom stereocenters. The highest BCUT2D eigenvalue weighted by Gasteiger charge is 2.34. The number of piperidine rings is 3. The van der Waals surface area contributed by atoms with Gasteiger partial charge in [0.15, 0.2) is 0 Å². The van der Waals surface area contributed by atoms with E-state index in [1.54, 1.807) is 12.3 Å². The number of anilines is 1. The van der Waals surface area contributed by atoms with E-state index in [2.05, 4.69) is 15.2 Å². The molecule has 0 aromatic carbocycles. The van der Waals surface area contributed by atoms with Crippen molar-refractivity contribution in [1.29, 1.82) is 0 Å². The van der Waals surface area contributed by atoms with Gasteiger partial charge in [0.2, 0.25) is 0 Å². The highest BCUT2D eigenvalue weighted by molar-refractivity contribution is 6.35. The van der Waals surface area contributed by atoms with Crippen molar-refractivity contribution >= 4 is 29.0 Å². The number of pyridine rings is 1. The molecular formula is C12H15Cl2N3. The van der Waals surface area contributed by atoms with Gasteiger partial charge in [0.1, 0.15) is 5.82 Å². The third kappa shape index (κ3) is 2.37. The molecule has 4 heterocycles. The van der Waals surface area contributed by atoms with Gasteiger partial charge in [-0.1, -0.05) is 23.2 Å². The number of rotatable bonds is 2. The summed E-state index contributed by atoms with van der Waals surface area (Å²) in [5.41, 5.74) is 0. The Balaban J connectivity index is 1.74. The maximum absolute atomic E-state index is 6.13. The van der Waals surface area contributed by atoms with Crippen molar-refractivity contribution in [2.45, 2.75) is 18.9 Å². The van der Waals surface area contributed by atoms with Crippen LogP contribution in [-0.4, -0.2) is 35.6 Å². The van der Waals surface area contributed by atoms with Gasteiger partial charge in [0.25, 0.3) is 0 Å². The zero-order valence-corrected chi connectivity index (χ0v) is 11.0. The zero-order valence-electron chi connectivity index (χ0n) is 9.50. The second-order valence-electron chi connectivity index (χ2n) is 4.87. The van der Waals surface area contributed by atoms with Crippen molar-refractivity contribution in [1.82, 2.24) is 9.88 Å². The first kappa shape index (κ1) is 11.6. The fraction of sp³-hybridized carbons (Fsp3) is 0.583. The largest absolute Gasteiger partial charge is 0.365 e. The van der Waals surface area contributed by atoms with E-state index in [1.807, 2.05) is 0 Å². The zero-order chi connectivity index (χ0) is 11.8. The summed E-state index contributed by atoms with van der Waals surface area (Å²) in [4.78, 5) is 6.76. The van der Waals surface area contributed by atoms with E-state index in [0.29, 0.717) is 16.1 Å². The Morgan fingerprint density at radius 3 is 2.65 bits per heavy atom. The van der Waals surface area contributed by atoms with Gasteiger partial charge in [-0.15, -0.1) is 0 Å². The third-order valence-corrected chi connectivity index (χ3v) is 4.28. The van der Waals surface area contributed by atoms with Crippen LogP contribution in [0.15, 0.2) is 12.3 Å². The number of halogens is 2. The quantitative estimate of drug-likeness (QED) is 0.897. The molecule has 0 spiro atoms. The Hall–Kier alpha value is -0.510. The average Bonchev–Trinajstić information content (AvgIpc) is 2.34. The van der Waals surface area contributed by atoms with Crippen LogP contribution in [-0.2, 0) is 0 Å². The fourth-order valence-corrected chi connectivity index (χ4v) is 3.26. The topological polar surface area (TPSA) is 28.2 Å². The number of fused-ring (bicyclic) bond motifs is 3. The molecule has 3 nitrogen and oxygen atoms in total. The highest BCUT2D eigenvalue weighted by Crippen LogP contribution is 2.31. The Morgan fingerprint density at radius 2 is 2.06 bits per heavy atom. The maximum Gasteiger partial charge on any atom is 0.145 e. The smallest absolute Gasteiger partial charge is 0.145 e. The second-order valence-corrected chi connectivity index (χ2v) is 5.72. The average molecular weight is 272 g/mol. The molecule has 3 saturated heterocycles. The first-order chi connectivity index (χ1) is 8.22. The number of nitrogens with one attached hydrogen (secondary N) is 1. The van der Waals surface area contributed by atoms with Crippen molar-refractivity contribution in [3.63, 3.8) is 0 Å². The molecule has 1 aromatic rings. The summed E-state index contributed by atoms with van der Waals surface area (Å²) >= 11 is 12.0. The van der Waals surface area contributed by atoms with E-state index in [-0.39, 0.29) is 0 Å². The molecule has 4 rings (SSSR count). The minimum atomic E-state index is 0.476. The molecule has 1 N–H and O–H groups in total. The molecule has 0 aliphatic carbocycles. The summed E-state index contributed by atoms with van der Waals surface area (Å²) in [7, 11) is 0. The Labute approximate surface area is 111 Å². The van der Waals surface area contributed by atoms with Crippen molar-refractivity contribution in [2.24, 2.45) is 5.92 Å². The summed E-state index contributed by atoms with van der Waals surface area (Å²) in [5, 5.41) is 4.65. The van der Waals surface area contributed by atoms with Crippen molar-refractivity contribution < 1.29 is 0 Å². The third-order valence-electron chi connectivity index (χ3n) is 3.79. The summed E-state index contributed by atoms with van der Waals surface area (Å²) in [6.07, 6.45) is 4.20. The van der Waals surface area contributed by atoms with E-state index in [4.69, 9.17) is 23.2 Å². The fourth-order valence-electron chi connectivity index (χ4n) is 2.83. The van der Waals surface area contributed by atoms with Crippen molar-refractivity contribution in [2.75, 3.05) is 25.0 Å². The Morgan fingerprint density at radius 1 is 1.29 bits per heavy atom. The van der Waals surface area contributed by atoms with Crippen LogP contribution in [0.3, 0.4) is 0 Å². The van der Waals surface area contributed by atoms with E-state index < -0.39 is 0 Å². The lowest BCUT2D eigenvalue weighted by Gasteiger charge is -2.45. The maximum atomic E-state index is 6.13. The molecule has 1 aromatic heterocycles. The van der Waals surface area contributed by atoms with Crippen LogP contribution in [0.2, 0.25) is 10.0 Å². The molecular weight excluding hydrogens is 257 g/mol. The summed E-state index contributed by atoms with van der Waals surface area (Å²) in [5.74, 6) is 1.52. The van der Waals surface area contributed by atoms with Crippen LogP contribution in [0.25, 0.3) is 0 Å². The lowest BCUT2D eigenvalue weighted by molar-refractivity contribution is 0.0974. The molecule has 17 heavy (non-hydrogen) atoms. The van der Waals surface area contributed by atoms with Crippen LogP contribution in [0.4, 0.5) is 5.82 Å². The lowest BCUT2D eigenvalue weighted by atomic mass is 9.84. The lowest BCUT2D eigenvalue weighted by Crippen LogP contribution is -2.53. The van der Waals surface area contributed by atoms with Crippen LogP contribution >= 0.6 is 23.2 Å². The number of hydrogen-bond donors (Lipinski definition) is 1. The minimum absolute atomic E-state index is 0.476. The number of aromatic nitrogens is 1. The molecule has 1 atom stereocenters. The van der Waals surface area contributed by atoms with Gasteiger partial charge >= 0.3 is 0 Å². The summed E-state index contributed by atoms with van der Waals surface area (Å²) < 4.78 is 0. The summed E-state index contributed by atoms with van der Waals surface area (Å²) in [6.45, 7) is 3.58. The number of nitrogens with zero attached hydrogens (tertiary/aromatic N) is 2. The van der Waals surface area contributed by atoms with Gasteiger partial charge in [-0.3, -0.25) is 0 Å². The van der Waals surface area contributed by atoms with Gasteiger partial charge in [-0.25, -0.2) is 4.98 Å². The van der Waals surface area contributed by atoms with Crippen LogP contribution in [0.5, 0.6) is 0 Å². The van der Waals surface area contributed by atoms with Crippen LogP contribution in [0.1, 0.15) is 12.8 Å². The highest BCUT2D eigenvalue weighted by atomic mass is 35.5. The SMILES string of the molecule is Clc1cnc(NC2CN3CCC2CC3)c(Cl)c1. The monoisotopic (exact) mass is 271 g/mol. The molecule has 0 radical (unpaired) electrons. The first-order valence-electron chi connectivity index (χ1n) is 6.02. The van der Waals surface area contributed by atoms with Gasteiger partial charge in [0.05, 0.1) is 10.0 Å². The predicted octanol–water partition coefficient (Wildman–Crippen LogP) is 2.89. The normalized spacial score (nSPS) is 31.5. The molecule has 3 aliphatic rings. The van der Waals surface area contributed by atoms with Gasteiger partial charge in [0, 0.05) is 18.8 Å².